The second-order valence-electron chi connectivity index (χ2n) is 4.38. The first-order valence-electron chi connectivity index (χ1n) is 6.05. The fourth-order valence-corrected chi connectivity index (χ4v) is 1.88. The van der Waals surface area contributed by atoms with Gasteiger partial charge in [-0.2, -0.15) is 0 Å². The normalized spacial score (nSPS) is 16.2. The molecule has 1 heterocycles. The lowest BCUT2D eigenvalue weighted by Crippen LogP contribution is -2.43. The van der Waals surface area contributed by atoms with Crippen molar-refractivity contribution in [1.29, 1.82) is 0 Å². The summed E-state index contributed by atoms with van der Waals surface area (Å²) >= 11 is 0. The Kier molecular flexibility index (Phi) is 4.29. The van der Waals surface area contributed by atoms with E-state index >= 15 is 0 Å². The van der Waals surface area contributed by atoms with Crippen LogP contribution in [-0.2, 0) is 0 Å². The minimum Gasteiger partial charge on any atom is -0.314 e. The zero-order chi connectivity index (χ0) is 13.0. The Morgan fingerprint density at radius 2 is 2.00 bits per heavy atom. The molecule has 1 saturated heterocycles. The van der Waals surface area contributed by atoms with E-state index in [2.05, 4.69) is 22.1 Å². The fraction of sp³-hybridized carbons (Fsp3) is 0.429. The third kappa shape index (κ3) is 3.06. The van der Waals surface area contributed by atoms with Crippen LogP contribution in [0.3, 0.4) is 0 Å². The summed E-state index contributed by atoms with van der Waals surface area (Å²) in [4.78, 5) is 2.16. The van der Waals surface area contributed by atoms with Crippen molar-refractivity contribution in [2.24, 2.45) is 0 Å². The number of aryl methyl sites for hydroxylation is 1. The number of hydrogen-bond acceptors (Lipinski definition) is 2. The molecule has 0 aliphatic carbocycles. The summed E-state index contributed by atoms with van der Waals surface area (Å²) in [5, 5.41) is 3.24. The van der Waals surface area contributed by atoms with Gasteiger partial charge in [-0.05, 0) is 18.6 Å². The summed E-state index contributed by atoms with van der Waals surface area (Å²) in [5.74, 6) is 4.31. The van der Waals surface area contributed by atoms with E-state index in [1.807, 2.05) is 0 Å². The molecule has 4 heteroatoms. The molecule has 2 rings (SSSR count). The Morgan fingerprint density at radius 1 is 1.28 bits per heavy atom. The number of nitrogens with one attached hydrogen (secondary N) is 1. The third-order valence-electron chi connectivity index (χ3n) is 3.01. The lowest BCUT2D eigenvalue weighted by molar-refractivity contribution is 0.268. The molecule has 0 aromatic heterocycles. The molecule has 0 bridgehead atoms. The van der Waals surface area contributed by atoms with Crippen LogP contribution < -0.4 is 5.32 Å². The Balaban J connectivity index is 2.07. The van der Waals surface area contributed by atoms with Gasteiger partial charge >= 0.3 is 0 Å². The van der Waals surface area contributed by atoms with E-state index in [1.165, 1.54) is 12.1 Å². The molecule has 96 valence electrons. The van der Waals surface area contributed by atoms with E-state index in [0.29, 0.717) is 12.1 Å². The molecule has 1 aromatic carbocycles. The van der Waals surface area contributed by atoms with Crippen LogP contribution in [0.15, 0.2) is 12.1 Å². The van der Waals surface area contributed by atoms with E-state index in [1.54, 1.807) is 6.92 Å². The average Bonchev–Trinajstić information content (AvgIpc) is 2.39. The molecular formula is C14H16F2N2. The Bertz CT molecular complexity index is 483. The second kappa shape index (κ2) is 5.94. The number of benzene rings is 1. The molecule has 1 N–H and O–H groups in total. The van der Waals surface area contributed by atoms with Gasteiger partial charge in [0.25, 0.3) is 0 Å². The Hall–Kier alpha value is -1.44. The maximum absolute atomic E-state index is 13.7. The zero-order valence-corrected chi connectivity index (χ0v) is 10.4. The van der Waals surface area contributed by atoms with Crippen molar-refractivity contribution < 1.29 is 8.78 Å². The molecule has 1 fully saturated rings. The van der Waals surface area contributed by atoms with Gasteiger partial charge in [-0.3, -0.25) is 4.90 Å². The molecule has 1 aliphatic rings. The van der Waals surface area contributed by atoms with Crippen LogP contribution in [0.5, 0.6) is 0 Å². The first-order valence-corrected chi connectivity index (χ1v) is 6.05. The molecule has 0 atom stereocenters. The minimum absolute atomic E-state index is 0.120. The van der Waals surface area contributed by atoms with Crippen LogP contribution in [0.4, 0.5) is 8.78 Å². The summed E-state index contributed by atoms with van der Waals surface area (Å²) in [6.45, 7) is 5.88. The quantitative estimate of drug-likeness (QED) is 0.760. The summed E-state index contributed by atoms with van der Waals surface area (Å²) in [5.41, 5.74) is 0.299. The molecule has 0 spiro atoms. The number of piperazine rings is 1. The molecular weight excluding hydrogens is 234 g/mol. The standard InChI is InChI=1S/C14H16F2N2/c1-11-4-5-13(15)12(14(11)16)3-2-8-18-9-6-17-7-10-18/h4-5,17H,6-10H2,1H3. The van der Waals surface area contributed by atoms with Crippen LogP contribution in [-0.4, -0.2) is 37.6 Å². The maximum Gasteiger partial charge on any atom is 0.144 e. The SMILES string of the molecule is Cc1ccc(F)c(C#CCN2CCNCC2)c1F. The predicted molar refractivity (Wildman–Crippen MR) is 67.3 cm³/mol. The first-order chi connectivity index (χ1) is 8.68. The van der Waals surface area contributed by atoms with Gasteiger partial charge in [-0.25, -0.2) is 8.78 Å². The van der Waals surface area contributed by atoms with Gasteiger partial charge < -0.3 is 5.32 Å². The Morgan fingerprint density at radius 3 is 2.72 bits per heavy atom. The summed E-state index contributed by atoms with van der Waals surface area (Å²) < 4.78 is 27.1. The smallest absolute Gasteiger partial charge is 0.144 e. The van der Waals surface area contributed by atoms with E-state index < -0.39 is 11.6 Å². The van der Waals surface area contributed by atoms with Crippen molar-refractivity contribution in [3.8, 4) is 11.8 Å². The molecule has 0 saturated carbocycles. The Labute approximate surface area is 106 Å². The van der Waals surface area contributed by atoms with E-state index in [9.17, 15) is 8.78 Å². The molecule has 1 aromatic rings. The van der Waals surface area contributed by atoms with Crippen LogP contribution >= 0.6 is 0 Å². The lowest BCUT2D eigenvalue weighted by atomic mass is 10.1. The van der Waals surface area contributed by atoms with E-state index in [4.69, 9.17) is 0 Å². The molecule has 0 unspecified atom stereocenters. The van der Waals surface area contributed by atoms with Crippen LogP contribution in [0.2, 0.25) is 0 Å². The number of rotatable bonds is 1. The highest BCUT2D eigenvalue weighted by Crippen LogP contribution is 2.14. The largest absolute Gasteiger partial charge is 0.314 e. The van der Waals surface area contributed by atoms with Crippen molar-refractivity contribution >= 4 is 0 Å². The topological polar surface area (TPSA) is 15.3 Å². The monoisotopic (exact) mass is 250 g/mol. The van der Waals surface area contributed by atoms with Gasteiger partial charge in [0, 0.05) is 26.2 Å². The number of nitrogens with zero attached hydrogens (tertiary/aromatic N) is 1. The van der Waals surface area contributed by atoms with Gasteiger partial charge in [-0.15, -0.1) is 0 Å². The van der Waals surface area contributed by atoms with Crippen molar-refractivity contribution in [1.82, 2.24) is 10.2 Å². The lowest BCUT2D eigenvalue weighted by Gasteiger charge is -2.24. The summed E-state index contributed by atoms with van der Waals surface area (Å²) in [7, 11) is 0. The number of hydrogen-bond donors (Lipinski definition) is 1. The molecule has 2 nitrogen and oxygen atoms in total. The van der Waals surface area contributed by atoms with Crippen molar-refractivity contribution in [2.75, 3.05) is 32.7 Å². The summed E-state index contributed by atoms with van der Waals surface area (Å²) in [6.07, 6.45) is 0. The van der Waals surface area contributed by atoms with E-state index in [-0.39, 0.29) is 5.56 Å². The predicted octanol–water partition coefficient (Wildman–Crippen LogP) is 1.53. The highest BCUT2D eigenvalue weighted by molar-refractivity contribution is 5.40. The van der Waals surface area contributed by atoms with Crippen molar-refractivity contribution in [3.63, 3.8) is 0 Å². The number of halogens is 2. The van der Waals surface area contributed by atoms with Crippen LogP contribution in [0.25, 0.3) is 0 Å². The second-order valence-corrected chi connectivity index (χ2v) is 4.38. The highest BCUT2D eigenvalue weighted by Gasteiger charge is 2.09. The van der Waals surface area contributed by atoms with Crippen molar-refractivity contribution in [2.45, 2.75) is 6.92 Å². The molecule has 0 radical (unpaired) electrons. The fourth-order valence-electron chi connectivity index (χ4n) is 1.88. The zero-order valence-electron chi connectivity index (χ0n) is 10.4. The van der Waals surface area contributed by atoms with E-state index in [0.717, 1.165) is 26.2 Å². The van der Waals surface area contributed by atoms with Crippen LogP contribution in [0, 0.1) is 30.4 Å². The average molecular weight is 250 g/mol. The summed E-state index contributed by atoms with van der Waals surface area (Å²) in [6, 6.07) is 2.68. The van der Waals surface area contributed by atoms with Gasteiger partial charge in [0.15, 0.2) is 0 Å². The highest BCUT2D eigenvalue weighted by atomic mass is 19.1. The third-order valence-corrected chi connectivity index (χ3v) is 3.01. The first kappa shape index (κ1) is 13.0. The molecule has 18 heavy (non-hydrogen) atoms. The molecule has 1 aliphatic heterocycles. The van der Waals surface area contributed by atoms with Gasteiger partial charge in [-0.1, -0.05) is 17.9 Å². The van der Waals surface area contributed by atoms with Crippen molar-refractivity contribution in [3.05, 3.63) is 34.9 Å². The van der Waals surface area contributed by atoms with Gasteiger partial charge in [0.1, 0.15) is 11.6 Å². The maximum atomic E-state index is 13.7. The molecule has 0 amide bonds. The van der Waals surface area contributed by atoms with Gasteiger partial charge in [0.2, 0.25) is 0 Å². The van der Waals surface area contributed by atoms with Gasteiger partial charge in [0.05, 0.1) is 12.1 Å². The van der Waals surface area contributed by atoms with Crippen LogP contribution in [0.1, 0.15) is 11.1 Å². The minimum atomic E-state index is -0.592.